The van der Waals surface area contributed by atoms with Crippen LogP contribution in [0.2, 0.25) is 0 Å². The first-order chi connectivity index (χ1) is 6.59. The van der Waals surface area contributed by atoms with Crippen molar-refractivity contribution in [1.29, 1.82) is 0 Å². The fourth-order valence-electron chi connectivity index (χ4n) is 1.28. The molecule has 0 radical (unpaired) electrons. The molecule has 5 heteroatoms. The highest BCUT2D eigenvalue weighted by molar-refractivity contribution is 6.20. The van der Waals surface area contributed by atoms with Gasteiger partial charge in [-0.25, -0.2) is 9.50 Å². The summed E-state index contributed by atoms with van der Waals surface area (Å²) in [6.07, 6.45) is 1.78. The third kappa shape index (κ3) is 1.35. The Hall–Kier alpha value is -1.16. The van der Waals surface area contributed by atoms with E-state index in [1.54, 1.807) is 10.7 Å². The number of alkyl halides is 1. The summed E-state index contributed by atoms with van der Waals surface area (Å²) in [5.74, 6) is 0.644. The first-order valence-electron chi connectivity index (χ1n) is 4.42. The van der Waals surface area contributed by atoms with Crippen LogP contribution in [0.3, 0.4) is 0 Å². The van der Waals surface area contributed by atoms with Crippen LogP contribution in [-0.2, 0) is 0 Å². The average molecular weight is 211 g/mol. The van der Waals surface area contributed by atoms with Crippen molar-refractivity contribution in [3.05, 3.63) is 23.4 Å². The zero-order valence-electron chi connectivity index (χ0n) is 8.32. The van der Waals surface area contributed by atoms with E-state index in [0.29, 0.717) is 5.82 Å². The number of rotatable bonds is 1. The quantitative estimate of drug-likeness (QED) is 0.677. The van der Waals surface area contributed by atoms with Crippen molar-refractivity contribution in [3.63, 3.8) is 0 Å². The molecule has 0 amide bonds. The number of hydrogen-bond donors (Lipinski definition) is 0. The van der Waals surface area contributed by atoms with Crippen LogP contribution in [0.4, 0.5) is 0 Å². The van der Waals surface area contributed by atoms with Crippen LogP contribution < -0.4 is 0 Å². The average Bonchev–Trinajstić information content (AvgIpc) is 2.57. The third-order valence-electron chi connectivity index (χ3n) is 2.08. The standard InChI is InChI=1S/C9H11ClN4/c1-5-4-11-7(3)9-12-8(6(2)10)13-14(5)9/h4,6H,1-3H3/t6-/m0/s1. The summed E-state index contributed by atoms with van der Waals surface area (Å²) in [4.78, 5) is 8.54. The summed E-state index contributed by atoms with van der Waals surface area (Å²) < 4.78 is 1.77. The van der Waals surface area contributed by atoms with Crippen LogP contribution in [0.25, 0.3) is 5.65 Å². The largest absolute Gasteiger partial charge is 0.256 e. The summed E-state index contributed by atoms with van der Waals surface area (Å²) in [6.45, 7) is 5.71. The van der Waals surface area contributed by atoms with Crippen LogP contribution in [-0.4, -0.2) is 19.6 Å². The molecule has 0 unspecified atom stereocenters. The maximum Gasteiger partial charge on any atom is 0.177 e. The van der Waals surface area contributed by atoms with Crippen molar-refractivity contribution in [2.24, 2.45) is 0 Å². The van der Waals surface area contributed by atoms with Crippen molar-refractivity contribution in [2.45, 2.75) is 26.1 Å². The molecular formula is C9H11ClN4. The molecule has 74 valence electrons. The van der Waals surface area contributed by atoms with Gasteiger partial charge in [0.1, 0.15) is 0 Å². The van der Waals surface area contributed by atoms with Gasteiger partial charge in [0.25, 0.3) is 0 Å². The topological polar surface area (TPSA) is 43.1 Å². The lowest BCUT2D eigenvalue weighted by atomic mass is 10.4. The van der Waals surface area contributed by atoms with E-state index >= 15 is 0 Å². The Balaban J connectivity index is 2.75. The Labute approximate surface area is 86.9 Å². The van der Waals surface area contributed by atoms with E-state index in [0.717, 1.165) is 17.0 Å². The predicted octanol–water partition coefficient (Wildman–Crippen LogP) is 2.04. The van der Waals surface area contributed by atoms with Gasteiger partial charge in [0.2, 0.25) is 0 Å². The van der Waals surface area contributed by atoms with Crippen molar-refractivity contribution in [1.82, 2.24) is 19.6 Å². The number of aryl methyl sites for hydroxylation is 2. The lowest BCUT2D eigenvalue weighted by Gasteiger charge is -1.97. The van der Waals surface area contributed by atoms with E-state index < -0.39 is 0 Å². The predicted molar refractivity (Wildman–Crippen MR) is 54.5 cm³/mol. The van der Waals surface area contributed by atoms with Gasteiger partial charge in [-0.3, -0.25) is 4.98 Å². The fourth-order valence-corrected chi connectivity index (χ4v) is 1.37. The van der Waals surface area contributed by atoms with Gasteiger partial charge in [0.05, 0.1) is 16.8 Å². The Kier molecular flexibility index (Phi) is 2.15. The zero-order valence-corrected chi connectivity index (χ0v) is 9.08. The Morgan fingerprint density at radius 1 is 1.43 bits per heavy atom. The van der Waals surface area contributed by atoms with Crippen molar-refractivity contribution in [2.75, 3.05) is 0 Å². The maximum absolute atomic E-state index is 5.92. The van der Waals surface area contributed by atoms with Gasteiger partial charge in [-0.1, -0.05) is 0 Å². The van der Waals surface area contributed by atoms with E-state index in [4.69, 9.17) is 11.6 Å². The van der Waals surface area contributed by atoms with Crippen molar-refractivity contribution in [3.8, 4) is 0 Å². The molecule has 2 aromatic heterocycles. The van der Waals surface area contributed by atoms with Crippen LogP contribution >= 0.6 is 11.6 Å². The van der Waals surface area contributed by atoms with Crippen molar-refractivity contribution >= 4 is 17.2 Å². The Bertz CT molecular complexity index is 436. The fraction of sp³-hybridized carbons (Fsp3) is 0.444. The minimum Gasteiger partial charge on any atom is -0.256 e. The minimum absolute atomic E-state index is 0.173. The summed E-state index contributed by atoms with van der Waals surface area (Å²) in [5.41, 5.74) is 2.61. The summed E-state index contributed by atoms with van der Waals surface area (Å²) in [5, 5.41) is 4.13. The molecule has 2 heterocycles. The number of halogens is 1. The second kappa shape index (κ2) is 3.20. The molecule has 0 saturated heterocycles. The van der Waals surface area contributed by atoms with E-state index in [1.165, 1.54) is 0 Å². The monoisotopic (exact) mass is 210 g/mol. The second-order valence-electron chi connectivity index (χ2n) is 3.31. The maximum atomic E-state index is 5.92. The molecule has 0 aromatic carbocycles. The summed E-state index contributed by atoms with van der Waals surface area (Å²) in [6, 6.07) is 0. The molecule has 0 aliphatic carbocycles. The van der Waals surface area contributed by atoms with E-state index in [-0.39, 0.29) is 5.38 Å². The van der Waals surface area contributed by atoms with E-state index in [9.17, 15) is 0 Å². The SMILES string of the molecule is Cc1ncc(C)n2nc([C@H](C)Cl)nc12. The molecule has 2 rings (SSSR count). The normalized spacial score (nSPS) is 13.4. The zero-order chi connectivity index (χ0) is 10.3. The number of hydrogen-bond acceptors (Lipinski definition) is 3. The summed E-state index contributed by atoms with van der Waals surface area (Å²) in [7, 11) is 0. The number of fused-ring (bicyclic) bond motifs is 1. The van der Waals surface area contributed by atoms with Crippen LogP contribution in [0.5, 0.6) is 0 Å². The van der Waals surface area contributed by atoms with E-state index in [2.05, 4.69) is 15.1 Å². The lowest BCUT2D eigenvalue weighted by molar-refractivity contribution is 0.837. The number of aromatic nitrogens is 4. The van der Waals surface area contributed by atoms with Gasteiger partial charge in [-0.2, -0.15) is 0 Å². The highest BCUT2D eigenvalue weighted by atomic mass is 35.5. The van der Waals surface area contributed by atoms with Gasteiger partial charge in [-0.05, 0) is 20.8 Å². The lowest BCUT2D eigenvalue weighted by Crippen LogP contribution is -1.97. The molecule has 0 aliphatic rings. The molecule has 0 N–H and O–H groups in total. The third-order valence-corrected chi connectivity index (χ3v) is 2.28. The molecule has 0 fully saturated rings. The van der Waals surface area contributed by atoms with Crippen LogP contribution in [0.15, 0.2) is 6.20 Å². The minimum atomic E-state index is -0.173. The molecule has 1 atom stereocenters. The second-order valence-corrected chi connectivity index (χ2v) is 3.96. The van der Waals surface area contributed by atoms with Gasteiger partial charge < -0.3 is 0 Å². The first-order valence-corrected chi connectivity index (χ1v) is 4.86. The first kappa shape index (κ1) is 9.40. The van der Waals surface area contributed by atoms with Gasteiger partial charge >= 0.3 is 0 Å². The van der Waals surface area contributed by atoms with Gasteiger partial charge in [0.15, 0.2) is 11.5 Å². The van der Waals surface area contributed by atoms with Crippen molar-refractivity contribution < 1.29 is 0 Å². The highest BCUT2D eigenvalue weighted by Gasteiger charge is 2.11. The van der Waals surface area contributed by atoms with Gasteiger partial charge in [-0.15, -0.1) is 16.7 Å². The molecule has 0 bridgehead atoms. The molecule has 14 heavy (non-hydrogen) atoms. The smallest absolute Gasteiger partial charge is 0.177 e. The van der Waals surface area contributed by atoms with Crippen LogP contribution in [0, 0.1) is 13.8 Å². The van der Waals surface area contributed by atoms with Crippen LogP contribution in [0.1, 0.15) is 29.5 Å². The molecule has 2 aromatic rings. The highest BCUT2D eigenvalue weighted by Crippen LogP contribution is 2.17. The number of nitrogens with zero attached hydrogens (tertiary/aromatic N) is 4. The molecule has 0 saturated carbocycles. The Morgan fingerprint density at radius 3 is 2.71 bits per heavy atom. The van der Waals surface area contributed by atoms with E-state index in [1.807, 2.05) is 20.8 Å². The van der Waals surface area contributed by atoms with Gasteiger partial charge in [0, 0.05) is 6.20 Å². The molecule has 4 nitrogen and oxygen atoms in total. The molecular weight excluding hydrogens is 200 g/mol. The Morgan fingerprint density at radius 2 is 2.14 bits per heavy atom. The molecule has 0 spiro atoms. The summed E-state index contributed by atoms with van der Waals surface area (Å²) >= 11 is 5.92. The molecule has 0 aliphatic heterocycles.